The van der Waals surface area contributed by atoms with Gasteiger partial charge in [0.05, 0.1) is 6.61 Å². The van der Waals surface area contributed by atoms with E-state index in [0.717, 1.165) is 0 Å². The number of nitrogens with zero attached hydrogens (tertiary/aromatic N) is 1. The maximum atomic E-state index is 10.7. The molecule has 0 fully saturated rings. The van der Waals surface area contributed by atoms with Crippen LogP contribution in [0.5, 0.6) is 0 Å². The van der Waals surface area contributed by atoms with Gasteiger partial charge in [0.15, 0.2) is 0 Å². The third-order valence-corrected chi connectivity index (χ3v) is 1.18. The maximum Gasteiger partial charge on any atom is 0.348 e. The van der Waals surface area contributed by atoms with Crippen LogP contribution in [0.25, 0.3) is 0 Å². The molecule has 66 valence electrons. The van der Waals surface area contributed by atoms with Crippen LogP contribution in [0, 0.1) is 11.5 Å². The van der Waals surface area contributed by atoms with Gasteiger partial charge in [-0.25, -0.2) is 4.79 Å². The molecule has 12 heavy (non-hydrogen) atoms. The van der Waals surface area contributed by atoms with Crippen molar-refractivity contribution < 1.29 is 14.3 Å². The summed E-state index contributed by atoms with van der Waals surface area (Å²) in [5.41, 5.74) is 0.255. The Bertz CT molecular complexity index is 205. The first-order valence-corrected chi connectivity index (χ1v) is 3.58. The van der Waals surface area contributed by atoms with Gasteiger partial charge in [0, 0.05) is 18.6 Å². The van der Waals surface area contributed by atoms with Gasteiger partial charge in [0.2, 0.25) is 0 Å². The van der Waals surface area contributed by atoms with E-state index >= 15 is 0 Å². The fourth-order valence-corrected chi connectivity index (χ4v) is 0.555. The first-order valence-electron chi connectivity index (χ1n) is 3.58. The van der Waals surface area contributed by atoms with E-state index in [1.807, 2.05) is 6.92 Å². The highest BCUT2D eigenvalue weighted by Crippen LogP contribution is 2.00. The van der Waals surface area contributed by atoms with Gasteiger partial charge in [-0.05, 0) is 6.92 Å². The summed E-state index contributed by atoms with van der Waals surface area (Å²) in [7, 11) is 0. The van der Waals surface area contributed by atoms with Crippen molar-refractivity contribution in [3.05, 3.63) is 12.2 Å². The average molecular weight is 169 g/mol. The molecule has 0 saturated heterocycles. The number of ether oxygens (including phenoxy) is 2. The Morgan fingerprint density at radius 2 is 2.33 bits per heavy atom. The molecule has 0 spiro atoms. The van der Waals surface area contributed by atoms with Gasteiger partial charge in [-0.15, -0.1) is 5.26 Å². The molecule has 0 saturated carbocycles. The Hall–Kier alpha value is -1.34. The summed E-state index contributed by atoms with van der Waals surface area (Å²) < 4.78 is 9.03. The second-order valence-electron chi connectivity index (χ2n) is 2.03. The molecule has 0 aliphatic carbocycles. The minimum atomic E-state index is -0.683. The number of hydrogen-bond donors (Lipinski definition) is 0. The molecule has 0 aromatic rings. The van der Waals surface area contributed by atoms with Gasteiger partial charge in [-0.1, -0.05) is 6.58 Å². The summed E-state index contributed by atoms with van der Waals surface area (Å²) in [6.45, 7) is 6.32. The van der Waals surface area contributed by atoms with Crippen LogP contribution in [-0.2, 0) is 14.3 Å². The highest BCUT2D eigenvalue weighted by Gasteiger charge is 2.07. The Balaban J connectivity index is 3.59. The van der Waals surface area contributed by atoms with E-state index in [4.69, 9.17) is 10.00 Å². The van der Waals surface area contributed by atoms with E-state index in [1.165, 1.54) is 6.26 Å². The summed E-state index contributed by atoms with van der Waals surface area (Å²) >= 11 is 0. The zero-order valence-corrected chi connectivity index (χ0v) is 7.00. The second-order valence-corrected chi connectivity index (χ2v) is 2.03. The van der Waals surface area contributed by atoms with Crippen LogP contribution in [0.3, 0.4) is 0 Å². The van der Waals surface area contributed by atoms with E-state index < -0.39 is 5.97 Å². The molecule has 0 atom stereocenters. The normalized spacial score (nSPS) is 8.67. The van der Waals surface area contributed by atoms with E-state index in [-0.39, 0.29) is 5.57 Å². The molecule has 0 rings (SSSR count). The smallest absolute Gasteiger partial charge is 0.348 e. The lowest BCUT2D eigenvalue weighted by molar-refractivity contribution is -0.132. The van der Waals surface area contributed by atoms with Crippen LogP contribution in [0.4, 0.5) is 0 Å². The van der Waals surface area contributed by atoms with Crippen molar-refractivity contribution in [3.63, 3.8) is 0 Å². The van der Waals surface area contributed by atoms with Gasteiger partial charge in [-0.3, -0.25) is 0 Å². The maximum absolute atomic E-state index is 10.7. The lowest BCUT2D eigenvalue weighted by Crippen LogP contribution is -2.06. The predicted molar refractivity (Wildman–Crippen MR) is 42.0 cm³/mol. The van der Waals surface area contributed by atoms with Crippen LogP contribution in [-0.4, -0.2) is 19.2 Å². The molecule has 0 amide bonds. The Morgan fingerprint density at radius 1 is 1.67 bits per heavy atom. The fraction of sp³-hybridized carbons (Fsp3) is 0.500. The monoisotopic (exact) mass is 169 g/mol. The van der Waals surface area contributed by atoms with Gasteiger partial charge in [-0.2, -0.15) is 0 Å². The number of carbonyl (C=O) groups is 1. The summed E-state index contributed by atoms with van der Waals surface area (Å²) in [5.74, 6) is -0.683. The van der Waals surface area contributed by atoms with E-state index in [2.05, 4.69) is 11.3 Å². The highest BCUT2D eigenvalue weighted by molar-refractivity contribution is 5.88. The highest BCUT2D eigenvalue weighted by atomic mass is 16.5. The standard InChI is InChI=1S/C8H11NO3/c1-3-11-5-4-7(2)8(10)12-6-9/h2-5H2,1H3. The second kappa shape index (κ2) is 6.38. The van der Waals surface area contributed by atoms with Crippen molar-refractivity contribution in [3.8, 4) is 6.26 Å². The van der Waals surface area contributed by atoms with Crippen molar-refractivity contribution in [1.29, 1.82) is 5.26 Å². The predicted octanol–water partition coefficient (Wildman–Crippen LogP) is 0.993. The number of esters is 1. The fourth-order valence-electron chi connectivity index (χ4n) is 0.555. The number of hydrogen-bond acceptors (Lipinski definition) is 4. The van der Waals surface area contributed by atoms with Crippen molar-refractivity contribution in [2.24, 2.45) is 0 Å². The number of carbonyl (C=O) groups excluding carboxylic acids is 1. The molecular weight excluding hydrogens is 158 g/mol. The third kappa shape index (κ3) is 4.47. The van der Waals surface area contributed by atoms with Crippen molar-refractivity contribution in [2.45, 2.75) is 13.3 Å². The van der Waals surface area contributed by atoms with Gasteiger partial charge < -0.3 is 9.47 Å². The molecule has 0 heterocycles. The van der Waals surface area contributed by atoms with Crippen LogP contribution in [0.1, 0.15) is 13.3 Å². The molecule has 0 aromatic heterocycles. The SMILES string of the molecule is C=C(CCOCC)C(=O)OC#N. The number of rotatable bonds is 5. The molecule has 0 N–H and O–H groups in total. The zero-order valence-electron chi connectivity index (χ0n) is 7.00. The van der Waals surface area contributed by atoms with E-state index in [1.54, 1.807) is 0 Å². The van der Waals surface area contributed by atoms with Gasteiger partial charge in [0.25, 0.3) is 6.26 Å². The van der Waals surface area contributed by atoms with Crippen molar-refractivity contribution >= 4 is 5.97 Å². The van der Waals surface area contributed by atoms with Crippen LogP contribution in [0.15, 0.2) is 12.2 Å². The topological polar surface area (TPSA) is 59.3 Å². The summed E-state index contributed by atoms with van der Waals surface area (Å²) in [6.07, 6.45) is 1.68. The van der Waals surface area contributed by atoms with Crippen molar-refractivity contribution in [2.75, 3.05) is 13.2 Å². The molecule has 0 aromatic carbocycles. The molecule has 4 nitrogen and oxygen atoms in total. The zero-order chi connectivity index (χ0) is 9.40. The molecule has 0 unspecified atom stereocenters. The minimum Gasteiger partial charge on any atom is -0.381 e. The molecule has 0 aliphatic heterocycles. The first kappa shape index (κ1) is 10.7. The van der Waals surface area contributed by atoms with E-state index in [0.29, 0.717) is 19.6 Å². The molecule has 0 aliphatic rings. The van der Waals surface area contributed by atoms with Gasteiger partial charge >= 0.3 is 5.97 Å². The first-order chi connectivity index (χ1) is 5.72. The number of nitriles is 1. The quantitative estimate of drug-likeness (QED) is 0.266. The lowest BCUT2D eigenvalue weighted by Gasteiger charge is -2.00. The Morgan fingerprint density at radius 3 is 2.83 bits per heavy atom. The molecular formula is C8H11NO3. The lowest BCUT2D eigenvalue weighted by atomic mass is 10.2. The molecule has 0 bridgehead atoms. The minimum absolute atomic E-state index is 0.255. The van der Waals surface area contributed by atoms with E-state index in [9.17, 15) is 4.79 Å². The average Bonchev–Trinajstić information content (AvgIpc) is 2.05. The Labute approximate surface area is 71.4 Å². The molecule has 4 heteroatoms. The largest absolute Gasteiger partial charge is 0.381 e. The Kier molecular flexibility index (Phi) is 5.66. The van der Waals surface area contributed by atoms with Crippen molar-refractivity contribution in [1.82, 2.24) is 0 Å². The van der Waals surface area contributed by atoms with Gasteiger partial charge in [0.1, 0.15) is 0 Å². The van der Waals surface area contributed by atoms with Crippen LogP contribution in [0.2, 0.25) is 0 Å². The summed E-state index contributed by atoms with van der Waals surface area (Å²) in [4.78, 5) is 10.7. The van der Waals surface area contributed by atoms with Crippen LogP contribution >= 0.6 is 0 Å². The third-order valence-electron chi connectivity index (χ3n) is 1.18. The molecule has 0 radical (unpaired) electrons. The summed E-state index contributed by atoms with van der Waals surface area (Å²) in [5, 5.41) is 7.99. The van der Waals surface area contributed by atoms with Crippen LogP contribution < -0.4 is 0 Å². The summed E-state index contributed by atoms with van der Waals surface area (Å²) in [6, 6.07) is 0.